The molecule has 19 heavy (non-hydrogen) atoms. The first-order valence-corrected chi connectivity index (χ1v) is 6.96. The van der Waals surface area contributed by atoms with Crippen molar-refractivity contribution >= 4 is 0 Å². The zero-order chi connectivity index (χ0) is 15.1. The molecule has 3 nitrogen and oxygen atoms in total. The first-order chi connectivity index (χ1) is 8.66. The Morgan fingerprint density at radius 3 is 0.789 bits per heavy atom. The third-order valence-corrected chi connectivity index (χ3v) is 1.34. The van der Waals surface area contributed by atoms with Crippen LogP contribution in [0.1, 0.15) is 41.5 Å². The fraction of sp³-hybridized carbons (Fsp3) is 0.800. The Morgan fingerprint density at radius 1 is 0.684 bits per heavy atom. The van der Waals surface area contributed by atoms with Gasteiger partial charge in [-0.15, -0.1) is 0 Å². The summed E-state index contributed by atoms with van der Waals surface area (Å²) in [4.78, 5) is 0. The van der Waals surface area contributed by atoms with Crippen LogP contribution in [-0.4, -0.2) is 39.3 Å². The minimum absolute atomic E-state index is 0. The standard InChI is InChI=1S/3C4H10N.C3H5.Ti/c3*1-3-5-4-2;1-3-2;/h3*3-4H2,1-2H3;3H,1-2H2;/q4*-1;+4. The summed E-state index contributed by atoms with van der Waals surface area (Å²) in [6.45, 7) is 24.6. The van der Waals surface area contributed by atoms with Crippen LogP contribution in [-0.2, 0) is 21.7 Å². The largest absolute Gasteiger partial charge is 4.00 e. The maximum atomic E-state index is 3.97. The van der Waals surface area contributed by atoms with Crippen molar-refractivity contribution in [2.45, 2.75) is 41.5 Å². The third-order valence-electron chi connectivity index (χ3n) is 1.34. The molecule has 0 aromatic heterocycles. The second-order valence-electron chi connectivity index (χ2n) is 2.86. The quantitative estimate of drug-likeness (QED) is 0.478. The van der Waals surface area contributed by atoms with E-state index >= 15 is 0 Å². The van der Waals surface area contributed by atoms with Gasteiger partial charge in [0.1, 0.15) is 0 Å². The molecule has 0 amide bonds. The van der Waals surface area contributed by atoms with Crippen LogP contribution in [0.5, 0.6) is 0 Å². The molecular formula is C15H35N3Ti. The summed E-state index contributed by atoms with van der Waals surface area (Å²) in [5, 5.41) is 11.9. The molecule has 0 unspecified atom stereocenters. The summed E-state index contributed by atoms with van der Waals surface area (Å²) in [6, 6.07) is 0. The van der Waals surface area contributed by atoms with E-state index in [1.807, 2.05) is 41.5 Å². The second kappa shape index (κ2) is 51.7. The molecule has 0 rings (SSSR count). The van der Waals surface area contributed by atoms with Crippen LogP contribution in [0.15, 0.2) is 12.7 Å². The fourth-order valence-corrected chi connectivity index (χ4v) is 0.671. The molecule has 0 aliphatic carbocycles. The van der Waals surface area contributed by atoms with Crippen LogP contribution in [0.2, 0.25) is 0 Å². The van der Waals surface area contributed by atoms with Crippen LogP contribution < -0.4 is 0 Å². The Bertz CT molecular complexity index is 81.1. The molecule has 0 spiro atoms. The molecule has 0 fully saturated rings. The van der Waals surface area contributed by atoms with E-state index in [1.165, 1.54) is 6.08 Å². The number of allylic oxidation sites excluding steroid dienone is 1. The summed E-state index contributed by atoms with van der Waals surface area (Å²) in [5.41, 5.74) is 0. The molecule has 0 radical (unpaired) electrons. The molecule has 0 N–H and O–H groups in total. The topological polar surface area (TPSA) is 42.3 Å². The molecule has 0 aromatic carbocycles. The maximum absolute atomic E-state index is 3.97. The maximum Gasteiger partial charge on any atom is 4.00 e. The van der Waals surface area contributed by atoms with Crippen LogP contribution in [0.3, 0.4) is 0 Å². The molecule has 0 saturated heterocycles. The molecule has 0 saturated carbocycles. The van der Waals surface area contributed by atoms with Gasteiger partial charge in [-0.05, 0) is 0 Å². The van der Waals surface area contributed by atoms with Crippen LogP contribution in [0, 0.1) is 6.92 Å². The summed E-state index contributed by atoms with van der Waals surface area (Å²) >= 11 is 0. The Kier molecular flexibility index (Phi) is 85.9. The van der Waals surface area contributed by atoms with E-state index in [1.54, 1.807) is 0 Å². The zero-order valence-corrected chi connectivity index (χ0v) is 15.6. The molecule has 0 atom stereocenters. The second-order valence-corrected chi connectivity index (χ2v) is 2.86. The van der Waals surface area contributed by atoms with Gasteiger partial charge in [-0.3, -0.25) is 0 Å². The van der Waals surface area contributed by atoms with Crippen LogP contribution in [0.4, 0.5) is 0 Å². The predicted octanol–water partition coefficient (Wildman–Crippen LogP) is 5.20. The Balaban J connectivity index is -0.0000000458. The Hall–Kier alpha value is 0.204. The zero-order valence-electron chi connectivity index (χ0n) is 14.1. The van der Waals surface area contributed by atoms with E-state index in [0.29, 0.717) is 0 Å². The molecule has 0 aliphatic rings. The van der Waals surface area contributed by atoms with E-state index < -0.39 is 0 Å². The van der Waals surface area contributed by atoms with Gasteiger partial charge in [0.05, 0.1) is 0 Å². The van der Waals surface area contributed by atoms with Crippen molar-refractivity contribution in [2.24, 2.45) is 0 Å². The Labute approximate surface area is 138 Å². The molecule has 4 heteroatoms. The van der Waals surface area contributed by atoms with Gasteiger partial charge >= 0.3 is 21.7 Å². The first-order valence-electron chi connectivity index (χ1n) is 6.96. The van der Waals surface area contributed by atoms with Crippen molar-refractivity contribution in [1.82, 2.24) is 0 Å². The molecule has 0 heterocycles. The third kappa shape index (κ3) is 124. The molecule has 0 bridgehead atoms. The van der Waals surface area contributed by atoms with E-state index in [0.717, 1.165) is 39.3 Å². The predicted molar refractivity (Wildman–Crippen MR) is 88.9 cm³/mol. The number of hydrogen-bond donors (Lipinski definition) is 0. The summed E-state index contributed by atoms with van der Waals surface area (Å²) in [5.74, 6) is 0. The van der Waals surface area contributed by atoms with E-state index in [4.69, 9.17) is 0 Å². The summed E-state index contributed by atoms with van der Waals surface area (Å²) in [7, 11) is 0. The van der Waals surface area contributed by atoms with E-state index in [9.17, 15) is 0 Å². The van der Waals surface area contributed by atoms with Crippen molar-refractivity contribution in [3.63, 3.8) is 0 Å². The minimum Gasteiger partial charge on any atom is -0.663 e. The van der Waals surface area contributed by atoms with Crippen molar-refractivity contribution < 1.29 is 21.7 Å². The van der Waals surface area contributed by atoms with Gasteiger partial charge in [0.2, 0.25) is 0 Å². The average Bonchev–Trinajstić information content (AvgIpc) is 2.35. The molecule has 114 valence electrons. The van der Waals surface area contributed by atoms with Crippen molar-refractivity contribution in [1.29, 1.82) is 0 Å². The Morgan fingerprint density at radius 2 is 0.789 bits per heavy atom. The fourth-order valence-electron chi connectivity index (χ4n) is 0.671. The number of hydrogen-bond acceptors (Lipinski definition) is 0. The molecule has 0 aromatic rings. The van der Waals surface area contributed by atoms with Gasteiger partial charge < -0.3 is 16.0 Å². The van der Waals surface area contributed by atoms with Gasteiger partial charge in [0.15, 0.2) is 0 Å². The minimum atomic E-state index is 0. The SMILES string of the molecule is C=C[CH2-].CC[N-]CC.CC[N-]CC.CC[N-]CC.[Ti+4]. The van der Waals surface area contributed by atoms with Gasteiger partial charge in [-0.2, -0.15) is 39.3 Å². The van der Waals surface area contributed by atoms with Gasteiger partial charge in [-0.1, -0.05) is 41.5 Å². The van der Waals surface area contributed by atoms with Crippen LogP contribution >= 0.6 is 0 Å². The summed E-state index contributed by atoms with van der Waals surface area (Å²) in [6.07, 6.45) is 1.50. The monoisotopic (exact) mass is 305 g/mol. The van der Waals surface area contributed by atoms with Crippen molar-refractivity contribution in [2.75, 3.05) is 39.3 Å². The summed E-state index contributed by atoms with van der Waals surface area (Å²) < 4.78 is 0. The van der Waals surface area contributed by atoms with Crippen molar-refractivity contribution in [3.8, 4) is 0 Å². The van der Waals surface area contributed by atoms with Gasteiger partial charge in [-0.25, -0.2) is 19.6 Å². The molecule has 0 aliphatic heterocycles. The van der Waals surface area contributed by atoms with E-state index in [-0.39, 0.29) is 21.7 Å². The number of nitrogens with zero attached hydrogens (tertiary/aromatic N) is 3. The van der Waals surface area contributed by atoms with Gasteiger partial charge in [0, 0.05) is 0 Å². The molecular weight excluding hydrogens is 270 g/mol. The first kappa shape index (κ1) is 31.5. The van der Waals surface area contributed by atoms with Gasteiger partial charge in [0.25, 0.3) is 0 Å². The van der Waals surface area contributed by atoms with Crippen LogP contribution in [0.25, 0.3) is 16.0 Å². The van der Waals surface area contributed by atoms with E-state index in [2.05, 4.69) is 29.5 Å². The average molecular weight is 305 g/mol. The van der Waals surface area contributed by atoms with Crippen molar-refractivity contribution in [3.05, 3.63) is 35.5 Å². The smallest absolute Gasteiger partial charge is 0.663 e. The number of rotatable bonds is 6. The normalized spacial score (nSPS) is 7.26.